The molecule has 0 atom stereocenters. The highest BCUT2D eigenvalue weighted by molar-refractivity contribution is 5.64. The maximum absolute atomic E-state index is 10.1. The Morgan fingerprint density at radius 1 is 1.70 bits per heavy atom. The first-order valence-corrected chi connectivity index (χ1v) is 3.29. The normalized spacial score (nSPS) is 30.9. The van der Waals surface area contributed by atoms with Crippen LogP contribution in [-0.4, -0.2) is 23.9 Å². The predicted octanol–water partition coefficient (Wildman–Crippen LogP) is -0.147. The van der Waals surface area contributed by atoms with Gasteiger partial charge in [-0.2, -0.15) is 0 Å². The Kier molecular flexibility index (Phi) is 2.11. The molecule has 0 saturated heterocycles. The number of primary amides is 1. The molecule has 0 radical (unpaired) electrons. The monoisotopic (exact) mass is 145 g/mol. The highest BCUT2D eigenvalue weighted by atomic mass is 16.6. The van der Waals surface area contributed by atoms with E-state index in [-0.39, 0.29) is 12.7 Å². The lowest BCUT2D eigenvalue weighted by molar-refractivity contribution is 0.00145. The first kappa shape index (κ1) is 7.34. The molecule has 3 N–H and O–H groups in total. The second kappa shape index (κ2) is 2.88. The van der Waals surface area contributed by atoms with Crippen LogP contribution >= 0.6 is 0 Å². The Hall–Kier alpha value is -0.770. The van der Waals surface area contributed by atoms with E-state index in [4.69, 9.17) is 10.8 Å². The quantitative estimate of drug-likeness (QED) is 0.567. The summed E-state index contributed by atoms with van der Waals surface area (Å²) in [4.78, 5) is 10.1. The van der Waals surface area contributed by atoms with Gasteiger partial charge in [-0.15, -0.1) is 0 Å². The van der Waals surface area contributed by atoms with E-state index in [2.05, 4.69) is 4.74 Å². The summed E-state index contributed by atoms with van der Waals surface area (Å²) in [5.74, 6) is 0.310. The molecule has 4 nitrogen and oxygen atoms in total. The van der Waals surface area contributed by atoms with Crippen LogP contribution < -0.4 is 5.73 Å². The fourth-order valence-electron chi connectivity index (χ4n) is 1.08. The largest absolute Gasteiger partial charge is 0.446 e. The van der Waals surface area contributed by atoms with Crippen molar-refractivity contribution >= 4 is 6.09 Å². The Bertz CT molecular complexity index is 131. The summed E-state index contributed by atoms with van der Waals surface area (Å²) in [5, 5.41) is 8.57. The molecule has 1 rings (SSSR count). The minimum Gasteiger partial charge on any atom is -0.446 e. The van der Waals surface area contributed by atoms with Crippen LogP contribution in [0.3, 0.4) is 0 Å². The Morgan fingerprint density at radius 2 is 2.30 bits per heavy atom. The number of aliphatic hydroxyl groups excluding tert-OH is 1. The van der Waals surface area contributed by atoms with Crippen molar-refractivity contribution < 1.29 is 14.6 Å². The lowest BCUT2D eigenvalue weighted by Crippen LogP contribution is -2.36. The fraction of sp³-hybridized carbons (Fsp3) is 0.833. The van der Waals surface area contributed by atoms with E-state index >= 15 is 0 Å². The average Bonchev–Trinajstić information content (AvgIpc) is 1.76. The molecule has 10 heavy (non-hydrogen) atoms. The van der Waals surface area contributed by atoms with Gasteiger partial charge in [-0.25, -0.2) is 4.79 Å². The zero-order valence-electron chi connectivity index (χ0n) is 5.62. The van der Waals surface area contributed by atoms with Gasteiger partial charge >= 0.3 is 6.09 Å². The zero-order valence-corrected chi connectivity index (χ0v) is 5.62. The van der Waals surface area contributed by atoms with Crippen LogP contribution in [0.4, 0.5) is 4.79 Å². The number of nitrogens with two attached hydrogens (primary N) is 1. The summed E-state index contributed by atoms with van der Waals surface area (Å²) in [6.45, 7) is 0.179. The second-order valence-corrected chi connectivity index (χ2v) is 2.58. The SMILES string of the molecule is NC(=O)OC1CC(CO)C1. The third-order valence-corrected chi connectivity index (χ3v) is 1.73. The van der Waals surface area contributed by atoms with Crippen molar-refractivity contribution in [2.24, 2.45) is 11.7 Å². The van der Waals surface area contributed by atoms with Crippen LogP contribution in [0.5, 0.6) is 0 Å². The maximum Gasteiger partial charge on any atom is 0.404 e. The van der Waals surface area contributed by atoms with Crippen molar-refractivity contribution in [2.75, 3.05) is 6.61 Å². The van der Waals surface area contributed by atoms with E-state index in [1.165, 1.54) is 0 Å². The molecule has 1 aliphatic carbocycles. The Balaban J connectivity index is 2.08. The fourth-order valence-corrected chi connectivity index (χ4v) is 1.08. The third kappa shape index (κ3) is 1.60. The predicted molar refractivity (Wildman–Crippen MR) is 34.3 cm³/mol. The van der Waals surface area contributed by atoms with E-state index in [9.17, 15) is 4.79 Å². The van der Waals surface area contributed by atoms with Crippen molar-refractivity contribution in [2.45, 2.75) is 18.9 Å². The number of aliphatic hydroxyl groups is 1. The minimum absolute atomic E-state index is 0.0466. The summed E-state index contributed by atoms with van der Waals surface area (Å²) in [5.41, 5.74) is 4.77. The smallest absolute Gasteiger partial charge is 0.404 e. The number of hydrogen-bond acceptors (Lipinski definition) is 3. The molecule has 0 aromatic heterocycles. The van der Waals surface area contributed by atoms with Gasteiger partial charge in [0.25, 0.3) is 0 Å². The molecule has 0 aromatic carbocycles. The van der Waals surface area contributed by atoms with Gasteiger partial charge in [0.2, 0.25) is 0 Å². The standard InChI is InChI=1S/C6H11NO3/c7-6(9)10-5-1-4(2-5)3-8/h4-5,8H,1-3H2,(H2,7,9). The van der Waals surface area contributed by atoms with E-state index in [0.717, 1.165) is 12.8 Å². The van der Waals surface area contributed by atoms with Gasteiger partial charge in [0.15, 0.2) is 0 Å². The molecule has 0 heterocycles. The molecule has 0 unspecified atom stereocenters. The number of hydrogen-bond donors (Lipinski definition) is 2. The molecule has 4 heteroatoms. The van der Waals surface area contributed by atoms with Gasteiger partial charge < -0.3 is 15.6 Å². The van der Waals surface area contributed by atoms with E-state index in [1.54, 1.807) is 0 Å². The van der Waals surface area contributed by atoms with Crippen LogP contribution in [0.15, 0.2) is 0 Å². The van der Waals surface area contributed by atoms with Crippen molar-refractivity contribution in [1.29, 1.82) is 0 Å². The lowest BCUT2D eigenvalue weighted by atomic mass is 9.83. The molecule has 0 aliphatic heterocycles. The third-order valence-electron chi connectivity index (χ3n) is 1.73. The summed E-state index contributed by atoms with van der Waals surface area (Å²) in [7, 11) is 0. The topological polar surface area (TPSA) is 72.6 Å². The number of carbonyl (C=O) groups excluding carboxylic acids is 1. The molecule has 1 fully saturated rings. The molecule has 1 amide bonds. The number of ether oxygens (including phenoxy) is 1. The van der Waals surface area contributed by atoms with E-state index < -0.39 is 6.09 Å². The molecule has 0 bridgehead atoms. The summed E-state index contributed by atoms with van der Waals surface area (Å²) < 4.78 is 4.65. The lowest BCUT2D eigenvalue weighted by Gasteiger charge is -2.32. The first-order valence-electron chi connectivity index (χ1n) is 3.29. The maximum atomic E-state index is 10.1. The second-order valence-electron chi connectivity index (χ2n) is 2.58. The van der Waals surface area contributed by atoms with Gasteiger partial charge in [-0.1, -0.05) is 0 Å². The van der Waals surface area contributed by atoms with Gasteiger partial charge in [-0.05, 0) is 18.8 Å². The van der Waals surface area contributed by atoms with Crippen LogP contribution in [0.25, 0.3) is 0 Å². The van der Waals surface area contributed by atoms with Gasteiger partial charge in [0.05, 0.1) is 0 Å². The molecule has 1 saturated carbocycles. The van der Waals surface area contributed by atoms with Crippen molar-refractivity contribution in [1.82, 2.24) is 0 Å². The summed E-state index contributed by atoms with van der Waals surface area (Å²) in [6, 6.07) is 0. The van der Waals surface area contributed by atoms with E-state index in [0.29, 0.717) is 5.92 Å². The molecular weight excluding hydrogens is 134 g/mol. The van der Waals surface area contributed by atoms with Gasteiger partial charge in [0.1, 0.15) is 6.10 Å². The number of amides is 1. The van der Waals surface area contributed by atoms with Gasteiger partial charge in [-0.3, -0.25) is 0 Å². The number of rotatable bonds is 2. The van der Waals surface area contributed by atoms with Crippen molar-refractivity contribution in [3.05, 3.63) is 0 Å². The molecular formula is C6H11NO3. The molecule has 1 aliphatic rings. The van der Waals surface area contributed by atoms with Crippen LogP contribution in [0.1, 0.15) is 12.8 Å². The molecule has 58 valence electrons. The summed E-state index contributed by atoms with van der Waals surface area (Å²) >= 11 is 0. The molecule has 0 spiro atoms. The Morgan fingerprint density at radius 3 is 2.70 bits per heavy atom. The average molecular weight is 145 g/mol. The highest BCUT2D eigenvalue weighted by Crippen LogP contribution is 2.29. The highest BCUT2D eigenvalue weighted by Gasteiger charge is 2.30. The van der Waals surface area contributed by atoms with Crippen LogP contribution in [0.2, 0.25) is 0 Å². The van der Waals surface area contributed by atoms with Crippen LogP contribution in [-0.2, 0) is 4.74 Å². The van der Waals surface area contributed by atoms with Crippen molar-refractivity contribution in [3.63, 3.8) is 0 Å². The summed E-state index contributed by atoms with van der Waals surface area (Å²) in [6.07, 6.45) is 0.731. The van der Waals surface area contributed by atoms with Crippen molar-refractivity contribution in [3.8, 4) is 0 Å². The number of carbonyl (C=O) groups is 1. The van der Waals surface area contributed by atoms with Gasteiger partial charge in [0, 0.05) is 6.61 Å². The zero-order chi connectivity index (χ0) is 7.56. The van der Waals surface area contributed by atoms with E-state index in [1.807, 2.05) is 0 Å². The first-order chi connectivity index (χ1) is 4.72. The Labute approximate surface area is 59.0 Å². The molecule has 0 aromatic rings. The minimum atomic E-state index is -0.721. The van der Waals surface area contributed by atoms with Crippen LogP contribution in [0, 0.1) is 5.92 Å².